The SMILES string of the molecule is CCOC1CCCN(Cc2nc(N)ccc2Cl)C1. The lowest BCUT2D eigenvalue weighted by molar-refractivity contribution is 0.00334. The van der Waals surface area contributed by atoms with Crippen molar-refractivity contribution in [1.29, 1.82) is 0 Å². The van der Waals surface area contributed by atoms with E-state index in [1.54, 1.807) is 6.07 Å². The molecule has 0 amide bonds. The summed E-state index contributed by atoms with van der Waals surface area (Å²) in [5.41, 5.74) is 6.55. The predicted molar refractivity (Wildman–Crippen MR) is 73.6 cm³/mol. The number of rotatable bonds is 4. The van der Waals surface area contributed by atoms with Gasteiger partial charge in [0.25, 0.3) is 0 Å². The van der Waals surface area contributed by atoms with Crippen LogP contribution in [0.3, 0.4) is 0 Å². The highest BCUT2D eigenvalue weighted by molar-refractivity contribution is 6.31. The molecule has 1 aromatic rings. The standard InChI is InChI=1S/C13H20ClN3O/c1-2-18-10-4-3-7-17(8-10)9-12-11(14)5-6-13(15)16-12/h5-6,10H,2-4,7-9H2,1H3,(H2,15,16). The monoisotopic (exact) mass is 269 g/mol. The third-order valence-electron chi connectivity index (χ3n) is 3.18. The van der Waals surface area contributed by atoms with Crippen LogP contribution in [0.15, 0.2) is 12.1 Å². The molecule has 2 heterocycles. The number of anilines is 1. The maximum atomic E-state index is 6.14. The molecule has 2 rings (SSSR count). The maximum Gasteiger partial charge on any atom is 0.123 e. The lowest BCUT2D eigenvalue weighted by atomic mass is 10.1. The van der Waals surface area contributed by atoms with E-state index in [0.29, 0.717) is 16.9 Å². The van der Waals surface area contributed by atoms with Gasteiger partial charge in [0.2, 0.25) is 0 Å². The molecular weight excluding hydrogens is 250 g/mol. The number of hydrogen-bond acceptors (Lipinski definition) is 4. The first-order valence-corrected chi connectivity index (χ1v) is 6.81. The van der Waals surface area contributed by atoms with Gasteiger partial charge in [-0.05, 0) is 38.4 Å². The number of piperidine rings is 1. The maximum absolute atomic E-state index is 6.14. The van der Waals surface area contributed by atoms with Gasteiger partial charge in [-0.2, -0.15) is 0 Å². The molecule has 1 saturated heterocycles. The predicted octanol–water partition coefficient (Wildman–Crippen LogP) is 2.32. The summed E-state index contributed by atoms with van der Waals surface area (Å²) in [6, 6.07) is 3.54. The van der Waals surface area contributed by atoms with E-state index in [1.165, 1.54) is 0 Å². The minimum Gasteiger partial charge on any atom is -0.384 e. The molecule has 1 aliphatic rings. The molecule has 0 bridgehead atoms. The van der Waals surface area contributed by atoms with E-state index in [0.717, 1.165) is 44.8 Å². The summed E-state index contributed by atoms with van der Waals surface area (Å²) in [6.45, 7) is 5.57. The van der Waals surface area contributed by atoms with E-state index in [9.17, 15) is 0 Å². The Labute approximate surface area is 113 Å². The Balaban J connectivity index is 1.98. The molecular formula is C13H20ClN3O. The van der Waals surface area contributed by atoms with Crippen molar-refractivity contribution in [3.63, 3.8) is 0 Å². The highest BCUT2D eigenvalue weighted by atomic mass is 35.5. The zero-order valence-corrected chi connectivity index (χ0v) is 11.5. The van der Waals surface area contributed by atoms with Gasteiger partial charge >= 0.3 is 0 Å². The van der Waals surface area contributed by atoms with Gasteiger partial charge in [-0.25, -0.2) is 4.98 Å². The zero-order chi connectivity index (χ0) is 13.0. The molecule has 0 saturated carbocycles. The van der Waals surface area contributed by atoms with Crippen molar-refractivity contribution in [2.45, 2.75) is 32.4 Å². The molecule has 5 heteroatoms. The quantitative estimate of drug-likeness (QED) is 0.911. The molecule has 2 N–H and O–H groups in total. The van der Waals surface area contributed by atoms with Crippen LogP contribution in [-0.2, 0) is 11.3 Å². The van der Waals surface area contributed by atoms with Crippen LogP contribution < -0.4 is 5.73 Å². The van der Waals surface area contributed by atoms with Crippen molar-refractivity contribution in [3.05, 3.63) is 22.8 Å². The Morgan fingerprint density at radius 1 is 1.56 bits per heavy atom. The number of aromatic nitrogens is 1. The normalized spacial score (nSPS) is 21.1. The number of hydrogen-bond donors (Lipinski definition) is 1. The Kier molecular flexibility index (Phi) is 4.80. The minimum atomic E-state index is 0.337. The fourth-order valence-corrected chi connectivity index (χ4v) is 2.52. The summed E-state index contributed by atoms with van der Waals surface area (Å²) in [6.07, 6.45) is 2.64. The fourth-order valence-electron chi connectivity index (χ4n) is 2.35. The molecule has 0 aliphatic carbocycles. The number of ether oxygens (including phenoxy) is 1. The average molecular weight is 270 g/mol. The van der Waals surface area contributed by atoms with E-state index < -0.39 is 0 Å². The first-order valence-electron chi connectivity index (χ1n) is 6.44. The van der Waals surface area contributed by atoms with Crippen molar-refractivity contribution in [2.75, 3.05) is 25.4 Å². The van der Waals surface area contributed by atoms with Crippen LogP contribution in [0, 0.1) is 0 Å². The van der Waals surface area contributed by atoms with E-state index in [4.69, 9.17) is 22.1 Å². The summed E-state index contributed by atoms with van der Waals surface area (Å²) >= 11 is 6.14. The van der Waals surface area contributed by atoms with E-state index >= 15 is 0 Å². The van der Waals surface area contributed by atoms with Crippen LogP contribution in [0.5, 0.6) is 0 Å². The van der Waals surface area contributed by atoms with Gasteiger partial charge in [0.1, 0.15) is 5.82 Å². The molecule has 0 radical (unpaired) electrons. The molecule has 1 fully saturated rings. The summed E-state index contributed by atoms with van der Waals surface area (Å²) in [5.74, 6) is 0.521. The molecule has 1 atom stereocenters. The molecule has 100 valence electrons. The smallest absolute Gasteiger partial charge is 0.123 e. The number of likely N-dealkylation sites (tertiary alicyclic amines) is 1. The first kappa shape index (κ1) is 13.6. The van der Waals surface area contributed by atoms with Crippen LogP contribution in [0.25, 0.3) is 0 Å². The molecule has 18 heavy (non-hydrogen) atoms. The largest absolute Gasteiger partial charge is 0.384 e. The second-order valence-corrected chi connectivity index (χ2v) is 5.03. The van der Waals surface area contributed by atoms with Crippen molar-refractivity contribution >= 4 is 17.4 Å². The van der Waals surface area contributed by atoms with Gasteiger partial charge < -0.3 is 10.5 Å². The highest BCUT2D eigenvalue weighted by Gasteiger charge is 2.21. The van der Waals surface area contributed by atoms with Gasteiger partial charge in [0, 0.05) is 19.7 Å². The molecule has 1 aromatic heterocycles. The molecule has 1 unspecified atom stereocenters. The second kappa shape index (κ2) is 6.36. The number of nitrogen functional groups attached to an aromatic ring is 1. The Morgan fingerprint density at radius 3 is 3.17 bits per heavy atom. The third kappa shape index (κ3) is 3.57. The zero-order valence-electron chi connectivity index (χ0n) is 10.7. The Bertz CT molecular complexity index is 398. The fraction of sp³-hybridized carbons (Fsp3) is 0.615. The Hall–Kier alpha value is -0.840. The van der Waals surface area contributed by atoms with E-state index in [2.05, 4.69) is 9.88 Å². The van der Waals surface area contributed by atoms with Gasteiger partial charge in [-0.15, -0.1) is 0 Å². The summed E-state index contributed by atoms with van der Waals surface area (Å²) < 4.78 is 5.68. The lowest BCUT2D eigenvalue weighted by Gasteiger charge is -2.32. The van der Waals surface area contributed by atoms with Gasteiger partial charge in [0.15, 0.2) is 0 Å². The minimum absolute atomic E-state index is 0.337. The van der Waals surface area contributed by atoms with Gasteiger partial charge in [-0.3, -0.25) is 4.90 Å². The van der Waals surface area contributed by atoms with Gasteiger partial charge in [0.05, 0.1) is 16.8 Å². The second-order valence-electron chi connectivity index (χ2n) is 4.62. The van der Waals surface area contributed by atoms with Crippen LogP contribution in [0.2, 0.25) is 5.02 Å². The van der Waals surface area contributed by atoms with E-state index in [-0.39, 0.29) is 0 Å². The van der Waals surface area contributed by atoms with Crippen LogP contribution in [0.4, 0.5) is 5.82 Å². The number of halogens is 1. The number of nitrogens with two attached hydrogens (primary N) is 1. The summed E-state index contributed by atoms with van der Waals surface area (Å²) in [7, 11) is 0. The van der Waals surface area contributed by atoms with Crippen LogP contribution >= 0.6 is 11.6 Å². The van der Waals surface area contributed by atoms with Crippen molar-refractivity contribution in [3.8, 4) is 0 Å². The number of pyridine rings is 1. The lowest BCUT2D eigenvalue weighted by Crippen LogP contribution is -2.39. The van der Waals surface area contributed by atoms with Crippen LogP contribution in [-0.4, -0.2) is 35.7 Å². The van der Waals surface area contributed by atoms with Crippen molar-refractivity contribution in [2.24, 2.45) is 0 Å². The molecule has 0 aromatic carbocycles. The first-order chi connectivity index (χ1) is 8.69. The molecule has 0 spiro atoms. The van der Waals surface area contributed by atoms with Crippen molar-refractivity contribution < 1.29 is 4.74 Å². The van der Waals surface area contributed by atoms with Crippen molar-refractivity contribution in [1.82, 2.24) is 9.88 Å². The average Bonchev–Trinajstić information content (AvgIpc) is 2.35. The summed E-state index contributed by atoms with van der Waals surface area (Å²) in [4.78, 5) is 6.63. The summed E-state index contributed by atoms with van der Waals surface area (Å²) in [5, 5.41) is 0.683. The highest BCUT2D eigenvalue weighted by Crippen LogP contribution is 2.20. The number of nitrogens with zero attached hydrogens (tertiary/aromatic N) is 2. The molecule has 1 aliphatic heterocycles. The van der Waals surface area contributed by atoms with Crippen LogP contribution in [0.1, 0.15) is 25.5 Å². The Morgan fingerprint density at radius 2 is 2.39 bits per heavy atom. The van der Waals surface area contributed by atoms with Gasteiger partial charge in [-0.1, -0.05) is 11.6 Å². The van der Waals surface area contributed by atoms with E-state index in [1.807, 2.05) is 13.0 Å². The topological polar surface area (TPSA) is 51.4 Å². The third-order valence-corrected chi connectivity index (χ3v) is 3.52. The molecule has 4 nitrogen and oxygen atoms in total.